The van der Waals surface area contributed by atoms with Gasteiger partial charge in [-0.15, -0.1) is 0 Å². The molecule has 0 saturated carbocycles. The fraction of sp³-hybridized carbons (Fsp3) is 0.214. The molecular formula is C28H28N4O3. The molecular weight excluding hydrogens is 440 g/mol. The smallest absolute Gasteiger partial charge is 0.282 e. The highest BCUT2D eigenvalue weighted by Crippen LogP contribution is 2.35. The predicted molar refractivity (Wildman–Crippen MR) is 139 cm³/mol. The molecule has 0 radical (unpaired) electrons. The van der Waals surface area contributed by atoms with Crippen molar-refractivity contribution >= 4 is 34.4 Å². The predicted octanol–water partition coefficient (Wildman–Crippen LogP) is 3.84. The number of rotatable bonds is 6. The molecule has 0 unspecified atom stereocenters. The van der Waals surface area contributed by atoms with E-state index >= 15 is 0 Å². The maximum Gasteiger partial charge on any atom is 0.282 e. The van der Waals surface area contributed by atoms with Gasteiger partial charge in [-0.1, -0.05) is 36.4 Å². The number of nitrogens with one attached hydrogen (secondary N) is 1. The number of nitrogens with zero attached hydrogens (tertiary/aromatic N) is 3. The lowest BCUT2D eigenvalue weighted by atomic mass is 10.0. The molecule has 0 bridgehead atoms. The highest BCUT2D eigenvalue weighted by molar-refractivity contribution is 6.46. The quantitative estimate of drug-likeness (QED) is 0.555. The number of hydrogen-bond donors (Lipinski definition) is 1. The average molecular weight is 469 g/mol. The number of benzene rings is 3. The van der Waals surface area contributed by atoms with Gasteiger partial charge in [0.25, 0.3) is 11.8 Å². The van der Waals surface area contributed by atoms with Crippen LogP contribution in [0.3, 0.4) is 0 Å². The highest BCUT2D eigenvalue weighted by atomic mass is 16.5. The molecule has 5 rings (SSSR count). The first-order valence-electron chi connectivity index (χ1n) is 11.7. The summed E-state index contributed by atoms with van der Waals surface area (Å²) in [5, 5.41) is 3.24. The zero-order valence-electron chi connectivity index (χ0n) is 19.9. The van der Waals surface area contributed by atoms with Gasteiger partial charge in [-0.2, -0.15) is 0 Å². The van der Waals surface area contributed by atoms with Crippen LogP contribution in [0.5, 0.6) is 5.75 Å². The second-order valence-electron chi connectivity index (χ2n) is 8.73. The summed E-state index contributed by atoms with van der Waals surface area (Å²) in [4.78, 5) is 33.0. The summed E-state index contributed by atoms with van der Waals surface area (Å²) in [6.45, 7) is 4.03. The van der Waals surface area contributed by atoms with Crippen LogP contribution in [0.25, 0.3) is 5.57 Å². The molecule has 0 spiro atoms. The molecule has 178 valence electrons. The molecule has 1 fully saturated rings. The van der Waals surface area contributed by atoms with Crippen LogP contribution in [0.1, 0.15) is 5.56 Å². The molecule has 3 aromatic rings. The number of carbonyl (C=O) groups is 2. The monoisotopic (exact) mass is 468 g/mol. The van der Waals surface area contributed by atoms with Gasteiger partial charge in [0.05, 0.1) is 18.4 Å². The number of amides is 2. The lowest BCUT2D eigenvalue weighted by Gasteiger charge is -2.34. The molecule has 2 aliphatic rings. The Hall–Kier alpha value is -4.10. The molecule has 3 aromatic carbocycles. The van der Waals surface area contributed by atoms with Crippen LogP contribution in [-0.2, 0) is 9.59 Å². The van der Waals surface area contributed by atoms with Gasteiger partial charge in [0.15, 0.2) is 0 Å². The molecule has 35 heavy (non-hydrogen) atoms. The minimum atomic E-state index is -0.398. The van der Waals surface area contributed by atoms with Crippen molar-refractivity contribution in [3.05, 3.63) is 90.1 Å². The van der Waals surface area contributed by atoms with Gasteiger partial charge in [-0.25, -0.2) is 4.90 Å². The topological polar surface area (TPSA) is 65.1 Å². The summed E-state index contributed by atoms with van der Waals surface area (Å²) in [6, 6.07) is 24.3. The Bertz CT molecular complexity index is 1260. The second kappa shape index (κ2) is 9.64. The van der Waals surface area contributed by atoms with E-state index in [0.717, 1.165) is 37.6 Å². The van der Waals surface area contributed by atoms with Gasteiger partial charge in [-0.05, 0) is 49.0 Å². The third-order valence-corrected chi connectivity index (χ3v) is 6.46. The van der Waals surface area contributed by atoms with E-state index in [1.165, 1.54) is 4.90 Å². The van der Waals surface area contributed by atoms with Crippen molar-refractivity contribution in [1.82, 2.24) is 4.90 Å². The Morgan fingerprint density at radius 1 is 0.771 bits per heavy atom. The van der Waals surface area contributed by atoms with E-state index in [4.69, 9.17) is 4.74 Å². The largest absolute Gasteiger partial charge is 0.497 e. The van der Waals surface area contributed by atoms with E-state index in [0.29, 0.717) is 22.6 Å². The molecule has 0 aliphatic carbocycles. The Labute approximate surface area is 205 Å². The minimum absolute atomic E-state index is 0.261. The maximum atomic E-state index is 13.6. The third kappa shape index (κ3) is 4.50. The highest BCUT2D eigenvalue weighted by Gasteiger charge is 2.40. The van der Waals surface area contributed by atoms with Crippen LogP contribution >= 0.6 is 0 Å². The maximum absolute atomic E-state index is 13.6. The van der Waals surface area contributed by atoms with Gasteiger partial charge in [0, 0.05) is 43.6 Å². The van der Waals surface area contributed by atoms with Crippen molar-refractivity contribution in [3.63, 3.8) is 0 Å². The van der Waals surface area contributed by atoms with E-state index in [9.17, 15) is 9.59 Å². The van der Waals surface area contributed by atoms with Crippen LogP contribution in [0, 0.1) is 0 Å². The normalized spacial score (nSPS) is 16.7. The number of anilines is 3. The Morgan fingerprint density at radius 3 is 2.17 bits per heavy atom. The minimum Gasteiger partial charge on any atom is -0.497 e. The number of methoxy groups -OCH3 is 1. The van der Waals surface area contributed by atoms with Crippen LogP contribution < -0.4 is 19.9 Å². The van der Waals surface area contributed by atoms with Gasteiger partial charge in [0.2, 0.25) is 0 Å². The molecule has 1 saturated heterocycles. The average Bonchev–Trinajstić information content (AvgIpc) is 3.14. The summed E-state index contributed by atoms with van der Waals surface area (Å²) in [5.74, 6) is -0.193. The summed E-state index contributed by atoms with van der Waals surface area (Å²) in [7, 11) is 3.69. The summed E-state index contributed by atoms with van der Waals surface area (Å²) in [6.07, 6.45) is 0. The standard InChI is InChI=1S/C28H28N4O3/c1-30-15-17-31(18-16-30)22-13-11-21(12-14-22)29-26-25(20-7-4-3-5-8-20)27(33)32(28(26)34)23-9-6-10-24(19-23)35-2/h3-14,19,29H,15-18H2,1-2H3. The summed E-state index contributed by atoms with van der Waals surface area (Å²) in [5.41, 5.74) is 3.66. The van der Waals surface area contributed by atoms with Gasteiger partial charge < -0.3 is 19.9 Å². The second-order valence-corrected chi connectivity index (χ2v) is 8.73. The SMILES string of the molecule is COc1cccc(N2C(=O)C(Nc3ccc(N4CCN(C)CC4)cc3)=C(c3ccccc3)C2=O)c1. The molecule has 0 atom stereocenters. The van der Waals surface area contributed by atoms with Crippen molar-refractivity contribution < 1.29 is 14.3 Å². The van der Waals surface area contributed by atoms with Gasteiger partial charge in [-0.3, -0.25) is 9.59 Å². The van der Waals surface area contributed by atoms with E-state index in [1.807, 2.05) is 42.5 Å². The van der Waals surface area contributed by atoms with Crippen molar-refractivity contribution in [1.29, 1.82) is 0 Å². The van der Waals surface area contributed by atoms with Crippen molar-refractivity contribution in [2.75, 3.05) is 55.5 Å². The van der Waals surface area contributed by atoms with Gasteiger partial charge >= 0.3 is 0 Å². The molecule has 1 N–H and O–H groups in total. The molecule has 2 aliphatic heterocycles. The molecule has 2 heterocycles. The number of imide groups is 1. The van der Waals surface area contributed by atoms with E-state index in [-0.39, 0.29) is 11.6 Å². The first-order chi connectivity index (χ1) is 17.0. The number of carbonyl (C=O) groups excluding carboxylic acids is 2. The molecule has 2 amide bonds. The Balaban J connectivity index is 1.46. The summed E-state index contributed by atoms with van der Waals surface area (Å²) >= 11 is 0. The van der Waals surface area contributed by atoms with Crippen LogP contribution in [0.15, 0.2) is 84.6 Å². The fourth-order valence-electron chi connectivity index (χ4n) is 4.47. The van der Waals surface area contributed by atoms with Crippen LogP contribution in [-0.4, -0.2) is 57.1 Å². The van der Waals surface area contributed by atoms with Crippen LogP contribution in [0.2, 0.25) is 0 Å². The van der Waals surface area contributed by atoms with E-state index < -0.39 is 5.91 Å². The Morgan fingerprint density at radius 2 is 1.49 bits per heavy atom. The van der Waals surface area contributed by atoms with E-state index in [2.05, 4.69) is 34.3 Å². The summed E-state index contributed by atoms with van der Waals surface area (Å²) < 4.78 is 5.30. The molecule has 7 nitrogen and oxygen atoms in total. The third-order valence-electron chi connectivity index (χ3n) is 6.46. The number of hydrogen-bond acceptors (Lipinski definition) is 6. The van der Waals surface area contributed by atoms with Crippen LogP contribution in [0.4, 0.5) is 17.1 Å². The van der Waals surface area contributed by atoms with Crippen molar-refractivity contribution in [2.45, 2.75) is 0 Å². The zero-order chi connectivity index (χ0) is 24.4. The first-order valence-corrected chi connectivity index (χ1v) is 11.7. The lowest BCUT2D eigenvalue weighted by Crippen LogP contribution is -2.44. The van der Waals surface area contributed by atoms with Gasteiger partial charge in [0.1, 0.15) is 11.4 Å². The molecule has 7 heteroatoms. The first kappa shape index (κ1) is 22.7. The lowest BCUT2D eigenvalue weighted by molar-refractivity contribution is -0.120. The number of likely N-dealkylation sites (N-methyl/N-ethyl adjacent to an activating group) is 1. The zero-order valence-corrected chi connectivity index (χ0v) is 19.9. The van der Waals surface area contributed by atoms with Crippen molar-refractivity contribution in [3.8, 4) is 5.75 Å². The van der Waals surface area contributed by atoms with E-state index in [1.54, 1.807) is 31.4 Å². The molecule has 0 aromatic heterocycles. The Kier molecular flexibility index (Phi) is 6.25. The van der Waals surface area contributed by atoms with Crippen molar-refractivity contribution in [2.24, 2.45) is 0 Å². The number of ether oxygens (including phenoxy) is 1. The fourth-order valence-corrected chi connectivity index (χ4v) is 4.47. The number of piperazine rings is 1.